The Morgan fingerprint density at radius 2 is 0.400 bits per heavy atom. The maximum Gasteiger partial charge on any atom is 0.146 e. The van der Waals surface area contributed by atoms with Crippen LogP contribution in [0.4, 0.5) is 0 Å². The van der Waals surface area contributed by atoms with E-state index in [4.69, 9.17) is 0 Å². The summed E-state index contributed by atoms with van der Waals surface area (Å²) in [5.74, 6) is 41.7. The average Bonchev–Trinajstić information content (AvgIpc) is 3.42. The molecule has 0 bridgehead atoms. The monoisotopic (exact) mass is 1120 g/mol. The van der Waals surface area contributed by atoms with E-state index < -0.39 is 32.3 Å². The fourth-order valence-corrected chi connectivity index (χ4v) is 35.0. The first-order chi connectivity index (χ1) is 37.7. The van der Waals surface area contributed by atoms with Crippen LogP contribution >= 0.6 is 0 Å². The molecule has 0 radical (unpaired) electrons. The van der Waals surface area contributed by atoms with Crippen molar-refractivity contribution in [2.24, 2.45) is 0 Å². The molecule has 80 heavy (non-hydrogen) atoms. The smallest absolute Gasteiger partial charge is 0.126 e. The van der Waals surface area contributed by atoms with Crippen LogP contribution in [0.25, 0.3) is 32.7 Å². The summed E-state index contributed by atoms with van der Waals surface area (Å²) in [6.45, 7) is 56.3. The van der Waals surface area contributed by atoms with Gasteiger partial charge < -0.3 is 0 Å². The zero-order chi connectivity index (χ0) is 60.2. The van der Waals surface area contributed by atoms with Crippen molar-refractivity contribution in [2.45, 2.75) is 233 Å². The summed E-state index contributed by atoms with van der Waals surface area (Å²) in [4.78, 5) is 0. The van der Waals surface area contributed by atoms with Crippen molar-refractivity contribution >= 4 is 65.0 Å². The topological polar surface area (TPSA) is 0 Å². The molecule has 0 aromatic heterocycles. The highest BCUT2D eigenvalue weighted by molar-refractivity contribution is 6.92. The van der Waals surface area contributed by atoms with E-state index in [1.54, 1.807) is 0 Å². The molecular formula is C76H100Si4. The number of benzene rings is 3. The normalized spacial score (nSPS) is 12.3. The molecule has 0 aliphatic carbocycles. The molecule has 0 atom stereocenters. The third-order valence-corrected chi connectivity index (χ3v) is 43.1. The van der Waals surface area contributed by atoms with E-state index in [1.165, 1.54) is 0 Å². The van der Waals surface area contributed by atoms with Crippen molar-refractivity contribution in [3.8, 4) is 93.2 Å². The summed E-state index contributed by atoms with van der Waals surface area (Å²) in [5.41, 5.74) is 23.3. The fraction of sp³-hybridized carbons (Fsp3) is 0.474. The van der Waals surface area contributed by atoms with Gasteiger partial charge in [-0.15, -0.1) is 22.2 Å². The molecule has 4 heteroatoms. The van der Waals surface area contributed by atoms with Gasteiger partial charge >= 0.3 is 0 Å². The molecular weight excluding hydrogens is 1030 g/mol. The van der Waals surface area contributed by atoms with Crippen molar-refractivity contribution in [1.82, 2.24) is 0 Å². The second-order valence-corrected chi connectivity index (χ2v) is 48.0. The van der Waals surface area contributed by atoms with E-state index in [0.29, 0.717) is 66.5 Å². The average molecular weight is 1130 g/mol. The van der Waals surface area contributed by atoms with Crippen LogP contribution in [0.1, 0.15) is 166 Å². The van der Waals surface area contributed by atoms with Gasteiger partial charge in [0.05, 0.1) is 11.1 Å². The summed E-state index contributed by atoms with van der Waals surface area (Å²) >= 11 is 0. The number of hydrogen-bond acceptors (Lipinski definition) is 0. The first-order valence-corrected chi connectivity index (χ1v) is 39.0. The van der Waals surface area contributed by atoms with Crippen LogP contribution in [-0.4, -0.2) is 32.3 Å². The number of rotatable bonds is 12. The number of hydrogen-bond donors (Lipinski definition) is 0. The van der Waals surface area contributed by atoms with Crippen molar-refractivity contribution < 1.29 is 0 Å². The summed E-state index contributed by atoms with van der Waals surface area (Å²) in [5, 5.41) is 6.04. The zero-order valence-corrected chi connectivity index (χ0v) is 58.2. The molecule has 0 aliphatic heterocycles. The Bertz CT molecular complexity index is 2880. The zero-order valence-electron chi connectivity index (χ0n) is 54.2. The summed E-state index contributed by atoms with van der Waals surface area (Å²) in [6, 6.07) is 17.1. The minimum atomic E-state index is -1.91. The standard InChI is InChI=1S/C76H100Si4/c1-57(2)77(58(3)4,59(5)6)53-41-29-25-33-45-69(46-34-26-30-42-54-78(60(7)8,61(9)10)62(11)12)75-71-49-37-39-51-73(71)76(74-52-40-38-50-72(74)75)70(47-35-27-31-43-55-79(63(13)14,64(15)16)65(17)18)48-36-28-32-44-56-80(66(19)20,67(21)22)68(23)24/h25-32,37-40,49-52,57-68H,1-24H3/b29-25-,30-26-,31-27-,32-28-. The Hall–Kier alpha value is -5.77. The van der Waals surface area contributed by atoms with Crippen LogP contribution in [0, 0.1) is 93.2 Å². The Kier molecular flexibility index (Phi) is 26.9. The lowest BCUT2D eigenvalue weighted by Gasteiger charge is -2.37. The maximum absolute atomic E-state index is 3.82. The van der Waals surface area contributed by atoms with E-state index in [9.17, 15) is 0 Å². The SMILES string of the molecule is CC(C)[Si](C#C/C=C\C#CC(C#C/C=C\C#C[Si](C(C)C)(C(C)C)C(C)C)=c1c2ccccc2c(=C(C#C/C=C\C#C[Si](C(C)C)(C(C)C)C(C)C)C#C/C=C\C#C[Si](C(C)C)(C(C)C)C(C)C)c2ccccc12)(C(C)C)C(C)C. The fourth-order valence-electron chi connectivity index (χ4n) is 14.2. The quantitative estimate of drug-likeness (QED) is 0.0963. The second-order valence-electron chi connectivity index (χ2n) is 25.7. The Morgan fingerprint density at radius 3 is 0.550 bits per heavy atom. The van der Waals surface area contributed by atoms with E-state index in [2.05, 4.69) is 308 Å². The second kappa shape index (κ2) is 31.4. The molecule has 0 saturated carbocycles. The third-order valence-electron chi connectivity index (χ3n) is 17.8. The third kappa shape index (κ3) is 15.8. The van der Waals surface area contributed by atoms with Crippen LogP contribution in [0.15, 0.2) is 97.1 Å². The minimum absolute atomic E-state index is 0.547. The van der Waals surface area contributed by atoms with Crippen LogP contribution in [0.2, 0.25) is 66.5 Å². The van der Waals surface area contributed by atoms with Gasteiger partial charge in [-0.25, -0.2) is 0 Å². The Morgan fingerprint density at radius 1 is 0.250 bits per heavy atom. The number of fused-ring (bicyclic) bond motifs is 2. The Labute approximate surface area is 495 Å². The highest BCUT2D eigenvalue weighted by Gasteiger charge is 2.44. The van der Waals surface area contributed by atoms with Crippen molar-refractivity contribution in [3.63, 3.8) is 0 Å². The largest absolute Gasteiger partial charge is 0.146 e. The van der Waals surface area contributed by atoms with Crippen molar-refractivity contribution in [2.75, 3.05) is 0 Å². The Balaban J connectivity index is 2.66. The minimum Gasteiger partial charge on any atom is -0.126 e. The van der Waals surface area contributed by atoms with Crippen LogP contribution in [-0.2, 0) is 0 Å². The predicted molar refractivity (Wildman–Crippen MR) is 370 cm³/mol. The lowest BCUT2D eigenvalue weighted by Crippen LogP contribution is -2.43. The molecule has 0 unspecified atom stereocenters. The lowest BCUT2D eigenvalue weighted by molar-refractivity contribution is 0.838. The van der Waals surface area contributed by atoms with Gasteiger partial charge in [0.15, 0.2) is 0 Å². The van der Waals surface area contributed by atoms with Crippen molar-refractivity contribution in [1.29, 1.82) is 0 Å². The van der Waals surface area contributed by atoms with Gasteiger partial charge in [0.1, 0.15) is 32.3 Å². The van der Waals surface area contributed by atoms with E-state index >= 15 is 0 Å². The molecule has 0 aliphatic rings. The van der Waals surface area contributed by atoms with E-state index in [1.807, 2.05) is 48.6 Å². The van der Waals surface area contributed by atoms with E-state index in [-0.39, 0.29) is 0 Å². The van der Waals surface area contributed by atoms with Crippen LogP contribution < -0.4 is 10.4 Å². The van der Waals surface area contributed by atoms with Gasteiger partial charge in [-0.2, -0.15) is 0 Å². The molecule has 0 nitrogen and oxygen atoms in total. The van der Waals surface area contributed by atoms with Gasteiger partial charge in [-0.1, -0.05) is 286 Å². The van der Waals surface area contributed by atoms with Gasteiger partial charge in [-0.05, 0) is 137 Å². The lowest BCUT2D eigenvalue weighted by atomic mass is 9.93. The van der Waals surface area contributed by atoms with Crippen LogP contribution in [0.5, 0.6) is 0 Å². The molecule has 0 heterocycles. The summed E-state index contributed by atoms with van der Waals surface area (Å²) < 4.78 is 0. The first-order valence-electron chi connectivity index (χ1n) is 30.1. The molecule has 0 amide bonds. The molecule has 0 saturated heterocycles. The molecule has 0 fully saturated rings. The predicted octanol–water partition coefficient (Wildman–Crippen LogP) is 19.4. The number of allylic oxidation sites excluding steroid dienone is 8. The molecule has 3 aromatic carbocycles. The maximum atomic E-state index is 3.82. The summed E-state index contributed by atoms with van der Waals surface area (Å²) in [6.07, 6.45) is 15.3. The summed E-state index contributed by atoms with van der Waals surface area (Å²) in [7, 11) is -7.63. The van der Waals surface area contributed by atoms with Gasteiger partial charge in [0.2, 0.25) is 0 Å². The molecule has 420 valence electrons. The van der Waals surface area contributed by atoms with Gasteiger partial charge in [-0.3, -0.25) is 0 Å². The molecule has 0 N–H and O–H groups in total. The van der Waals surface area contributed by atoms with E-state index in [0.717, 1.165) is 43.1 Å². The van der Waals surface area contributed by atoms with Gasteiger partial charge in [0.25, 0.3) is 0 Å². The highest BCUT2D eigenvalue weighted by atomic mass is 28.3. The van der Waals surface area contributed by atoms with Gasteiger partial charge in [0, 0.05) is 10.4 Å². The molecule has 0 spiro atoms. The first kappa shape index (κ1) is 68.5. The van der Waals surface area contributed by atoms with Crippen LogP contribution in [0.3, 0.4) is 0 Å². The highest BCUT2D eigenvalue weighted by Crippen LogP contribution is 2.43. The molecule has 3 aromatic rings. The molecule has 3 rings (SSSR count). The van der Waals surface area contributed by atoms with Crippen molar-refractivity contribution in [3.05, 3.63) is 108 Å².